The predicted octanol–water partition coefficient (Wildman–Crippen LogP) is 6.45. The lowest BCUT2D eigenvalue weighted by molar-refractivity contribution is 0.305. The summed E-state index contributed by atoms with van der Waals surface area (Å²) in [7, 11) is 0. The number of rotatable bonds is 5. The largest absolute Gasteiger partial charge is 0.488 e. The lowest BCUT2D eigenvalue weighted by Crippen LogP contribution is -2.20. The molecule has 0 fully saturated rings. The van der Waals surface area contributed by atoms with Crippen LogP contribution in [0.25, 0.3) is 10.9 Å². The Kier molecular flexibility index (Phi) is 6.69. The standard InChI is InChI=1S/C23H16Br3N3O2/c1-14-28-21-9-8-17(24)10-19(21)23(30)29(14)27-12-15-4-2-3-5-22(15)31-13-16-6-7-18(25)11-20(16)26/h2-12H,13H2,1H3. The average Bonchev–Trinajstić information content (AvgIpc) is 2.74. The fraction of sp³-hybridized carbons (Fsp3) is 0.0870. The molecule has 0 unspecified atom stereocenters. The van der Waals surface area contributed by atoms with Crippen LogP contribution in [0.5, 0.6) is 5.75 Å². The first-order valence-electron chi connectivity index (χ1n) is 9.31. The quantitative estimate of drug-likeness (QED) is 0.246. The number of aryl methyl sites for hydroxylation is 1. The van der Waals surface area contributed by atoms with E-state index in [-0.39, 0.29) is 5.56 Å². The number of hydrogen-bond donors (Lipinski definition) is 0. The van der Waals surface area contributed by atoms with E-state index in [1.807, 2.05) is 54.6 Å². The molecule has 0 spiro atoms. The van der Waals surface area contributed by atoms with E-state index < -0.39 is 0 Å². The van der Waals surface area contributed by atoms with Crippen LogP contribution in [0.2, 0.25) is 0 Å². The third-order valence-corrected chi connectivity index (χ3v) is 6.32. The van der Waals surface area contributed by atoms with E-state index in [0.29, 0.717) is 29.1 Å². The van der Waals surface area contributed by atoms with E-state index in [1.165, 1.54) is 4.68 Å². The lowest BCUT2D eigenvalue weighted by atomic mass is 10.2. The highest BCUT2D eigenvalue weighted by molar-refractivity contribution is 9.11. The summed E-state index contributed by atoms with van der Waals surface area (Å²) in [4.78, 5) is 17.4. The van der Waals surface area contributed by atoms with E-state index >= 15 is 0 Å². The van der Waals surface area contributed by atoms with Crippen LogP contribution in [0.4, 0.5) is 0 Å². The van der Waals surface area contributed by atoms with Crippen molar-refractivity contribution in [3.8, 4) is 5.75 Å². The van der Waals surface area contributed by atoms with Crippen LogP contribution in [-0.2, 0) is 6.61 Å². The van der Waals surface area contributed by atoms with Crippen molar-refractivity contribution in [1.82, 2.24) is 9.66 Å². The molecule has 5 nitrogen and oxygen atoms in total. The second-order valence-corrected chi connectivity index (χ2v) is 9.43. The summed E-state index contributed by atoms with van der Waals surface area (Å²) in [5, 5.41) is 4.91. The first-order valence-corrected chi connectivity index (χ1v) is 11.7. The van der Waals surface area contributed by atoms with Crippen LogP contribution in [0.1, 0.15) is 17.0 Å². The second-order valence-electron chi connectivity index (χ2n) is 6.74. The van der Waals surface area contributed by atoms with Crippen molar-refractivity contribution in [1.29, 1.82) is 0 Å². The minimum atomic E-state index is -0.225. The molecule has 8 heteroatoms. The highest BCUT2D eigenvalue weighted by Gasteiger charge is 2.09. The van der Waals surface area contributed by atoms with Gasteiger partial charge in [0, 0.05) is 24.5 Å². The van der Waals surface area contributed by atoms with Gasteiger partial charge in [-0.25, -0.2) is 4.98 Å². The molecule has 0 amide bonds. The van der Waals surface area contributed by atoms with Gasteiger partial charge in [0.15, 0.2) is 0 Å². The van der Waals surface area contributed by atoms with Gasteiger partial charge in [0.2, 0.25) is 0 Å². The van der Waals surface area contributed by atoms with Crippen molar-refractivity contribution in [3.05, 3.63) is 101 Å². The molecule has 0 saturated heterocycles. The van der Waals surface area contributed by atoms with Gasteiger partial charge in [-0.2, -0.15) is 9.78 Å². The highest BCUT2D eigenvalue weighted by Crippen LogP contribution is 2.24. The van der Waals surface area contributed by atoms with Crippen molar-refractivity contribution < 1.29 is 4.74 Å². The maximum Gasteiger partial charge on any atom is 0.282 e. The normalized spacial score (nSPS) is 11.4. The molecule has 1 aromatic heterocycles. The van der Waals surface area contributed by atoms with E-state index in [1.54, 1.807) is 19.2 Å². The van der Waals surface area contributed by atoms with Gasteiger partial charge in [-0.15, -0.1) is 0 Å². The monoisotopic (exact) mass is 603 g/mol. The Bertz CT molecular complexity index is 1370. The second kappa shape index (κ2) is 9.46. The summed E-state index contributed by atoms with van der Waals surface area (Å²) in [6, 6.07) is 18.9. The Morgan fingerprint density at radius 2 is 1.77 bits per heavy atom. The zero-order valence-electron chi connectivity index (χ0n) is 16.3. The fourth-order valence-corrected chi connectivity index (χ4v) is 4.55. The topological polar surface area (TPSA) is 56.5 Å². The third-order valence-electron chi connectivity index (χ3n) is 4.60. The van der Waals surface area contributed by atoms with Gasteiger partial charge in [-0.1, -0.05) is 66.0 Å². The van der Waals surface area contributed by atoms with Crippen LogP contribution in [0.3, 0.4) is 0 Å². The van der Waals surface area contributed by atoms with E-state index in [2.05, 4.69) is 57.9 Å². The summed E-state index contributed by atoms with van der Waals surface area (Å²) < 4.78 is 10.1. The molecule has 31 heavy (non-hydrogen) atoms. The van der Waals surface area contributed by atoms with Crippen LogP contribution in [0, 0.1) is 6.92 Å². The molecule has 1 heterocycles. The SMILES string of the molecule is Cc1nc2ccc(Br)cc2c(=O)n1N=Cc1ccccc1OCc1ccc(Br)cc1Br. The van der Waals surface area contributed by atoms with Crippen LogP contribution < -0.4 is 10.3 Å². The first kappa shape index (κ1) is 21.9. The maximum absolute atomic E-state index is 12.9. The molecule has 0 saturated carbocycles. The van der Waals surface area contributed by atoms with Gasteiger partial charge in [-0.05, 0) is 49.4 Å². The number of para-hydroxylation sites is 1. The van der Waals surface area contributed by atoms with Gasteiger partial charge in [0.1, 0.15) is 18.2 Å². The third kappa shape index (κ3) is 4.97. The average molecular weight is 606 g/mol. The molecule has 0 radical (unpaired) electrons. The molecule has 3 aromatic carbocycles. The molecule has 4 aromatic rings. The number of aromatic nitrogens is 2. The Hall–Kier alpha value is -2.29. The molecule has 0 atom stereocenters. The van der Waals surface area contributed by atoms with E-state index in [0.717, 1.165) is 24.5 Å². The lowest BCUT2D eigenvalue weighted by Gasteiger charge is -2.11. The zero-order valence-corrected chi connectivity index (χ0v) is 21.1. The molecule has 0 bridgehead atoms. The molecule has 0 N–H and O–H groups in total. The number of ether oxygens (including phenoxy) is 1. The Labute approximate surface area is 204 Å². The summed E-state index contributed by atoms with van der Waals surface area (Å²) >= 11 is 10.4. The van der Waals surface area contributed by atoms with Crippen molar-refractivity contribution >= 4 is 64.9 Å². The van der Waals surface area contributed by atoms with Crippen LogP contribution in [-0.4, -0.2) is 15.9 Å². The molecule has 0 aliphatic carbocycles. The van der Waals surface area contributed by atoms with Gasteiger partial charge in [0.05, 0.1) is 17.1 Å². The number of fused-ring (bicyclic) bond motifs is 1. The number of halogens is 3. The molecule has 0 aliphatic rings. The smallest absolute Gasteiger partial charge is 0.282 e. The summed E-state index contributed by atoms with van der Waals surface area (Å²) in [6.45, 7) is 2.15. The minimum absolute atomic E-state index is 0.225. The predicted molar refractivity (Wildman–Crippen MR) is 134 cm³/mol. The summed E-state index contributed by atoms with van der Waals surface area (Å²) in [5.74, 6) is 1.18. The summed E-state index contributed by atoms with van der Waals surface area (Å²) in [6.07, 6.45) is 1.62. The summed E-state index contributed by atoms with van der Waals surface area (Å²) in [5.41, 5.74) is 2.20. The molecular weight excluding hydrogens is 590 g/mol. The highest BCUT2D eigenvalue weighted by atomic mass is 79.9. The van der Waals surface area contributed by atoms with Crippen molar-refractivity contribution in [2.45, 2.75) is 13.5 Å². The van der Waals surface area contributed by atoms with Gasteiger partial charge >= 0.3 is 0 Å². The Morgan fingerprint density at radius 1 is 1.03 bits per heavy atom. The fourth-order valence-electron chi connectivity index (χ4n) is 3.03. The maximum atomic E-state index is 12.9. The Balaban J connectivity index is 1.64. The van der Waals surface area contributed by atoms with Gasteiger partial charge < -0.3 is 4.74 Å². The number of hydrogen-bond acceptors (Lipinski definition) is 4. The molecule has 0 aliphatic heterocycles. The Morgan fingerprint density at radius 3 is 2.58 bits per heavy atom. The van der Waals surface area contributed by atoms with Crippen molar-refractivity contribution in [2.75, 3.05) is 0 Å². The van der Waals surface area contributed by atoms with Crippen LogP contribution >= 0.6 is 47.8 Å². The number of nitrogens with zero attached hydrogens (tertiary/aromatic N) is 3. The van der Waals surface area contributed by atoms with E-state index in [9.17, 15) is 4.79 Å². The molecule has 156 valence electrons. The van der Waals surface area contributed by atoms with Gasteiger partial charge in [0.25, 0.3) is 5.56 Å². The van der Waals surface area contributed by atoms with Crippen LogP contribution in [0.15, 0.2) is 84.0 Å². The number of benzene rings is 3. The molecule has 4 rings (SSSR count). The minimum Gasteiger partial charge on any atom is -0.488 e. The van der Waals surface area contributed by atoms with Crippen molar-refractivity contribution in [3.63, 3.8) is 0 Å². The molecular formula is C23H16Br3N3O2. The van der Waals surface area contributed by atoms with Gasteiger partial charge in [-0.3, -0.25) is 4.79 Å². The van der Waals surface area contributed by atoms with Crippen molar-refractivity contribution in [2.24, 2.45) is 5.10 Å². The van der Waals surface area contributed by atoms with E-state index in [4.69, 9.17) is 4.74 Å². The zero-order chi connectivity index (χ0) is 22.0. The first-order chi connectivity index (χ1) is 14.9.